The summed E-state index contributed by atoms with van der Waals surface area (Å²) in [6, 6.07) is 5.89. The highest BCUT2D eigenvalue weighted by atomic mass is 19.1. The average molecular weight is 326 g/mol. The van der Waals surface area contributed by atoms with Crippen LogP contribution in [0, 0.1) is 5.82 Å². The van der Waals surface area contributed by atoms with Crippen LogP contribution in [0.15, 0.2) is 29.4 Å². The van der Waals surface area contributed by atoms with E-state index in [-0.39, 0.29) is 5.82 Å². The number of benzene rings is 1. The molecule has 124 valence electrons. The van der Waals surface area contributed by atoms with Crippen molar-refractivity contribution in [3.63, 3.8) is 0 Å². The predicted octanol–water partition coefficient (Wildman–Crippen LogP) is 2.09. The Labute approximate surface area is 139 Å². The summed E-state index contributed by atoms with van der Waals surface area (Å²) >= 11 is 0. The predicted molar refractivity (Wildman–Crippen MR) is 92.7 cm³/mol. The van der Waals surface area contributed by atoms with Gasteiger partial charge in [0.15, 0.2) is 11.6 Å². The number of hydrogen-bond acceptors (Lipinski definition) is 6. The van der Waals surface area contributed by atoms with Gasteiger partial charge in [-0.15, -0.1) is 0 Å². The fourth-order valence-corrected chi connectivity index (χ4v) is 2.96. The first-order chi connectivity index (χ1) is 11.8. The lowest BCUT2D eigenvalue weighted by Gasteiger charge is -2.20. The van der Waals surface area contributed by atoms with E-state index < -0.39 is 5.82 Å². The van der Waals surface area contributed by atoms with Crippen LogP contribution in [0.5, 0.6) is 0 Å². The molecule has 0 spiro atoms. The molecule has 3 heterocycles. The van der Waals surface area contributed by atoms with Crippen molar-refractivity contribution in [2.24, 2.45) is 4.99 Å². The fourth-order valence-electron chi connectivity index (χ4n) is 2.96. The molecule has 1 saturated heterocycles. The van der Waals surface area contributed by atoms with Gasteiger partial charge in [-0.1, -0.05) is 6.07 Å². The third-order valence-electron chi connectivity index (χ3n) is 4.25. The minimum Gasteiger partial charge on any atom is -0.339 e. The van der Waals surface area contributed by atoms with Crippen LogP contribution in [0.1, 0.15) is 17.5 Å². The Kier molecular flexibility index (Phi) is 4.08. The third kappa shape index (κ3) is 3.07. The Morgan fingerprint density at radius 2 is 2.17 bits per heavy atom. The Balaban J connectivity index is 1.58. The van der Waals surface area contributed by atoms with Gasteiger partial charge in [0.05, 0.1) is 12.7 Å². The number of aromatic nitrogens is 2. The summed E-state index contributed by atoms with van der Waals surface area (Å²) in [7, 11) is 0. The maximum atomic E-state index is 14.1. The molecule has 2 aliphatic heterocycles. The van der Waals surface area contributed by atoms with E-state index in [1.165, 1.54) is 11.8 Å². The van der Waals surface area contributed by atoms with Gasteiger partial charge in [-0.2, -0.15) is 4.98 Å². The molecule has 24 heavy (non-hydrogen) atoms. The van der Waals surface area contributed by atoms with Crippen LogP contribution in [0.25, 0.3) is 0 Å². The maximum absolute atomic E-state index is 14.1. The Bertz CT molecular complexity index is 768. The zero-order valence-corrected chi connectivity index (χ0v) is 13.3. The lowest BCUT2D eigenvalue weighted by atomic mass is 10.1. The van der Waals surface area contributed by atoms with E-state index in [2.05, 4.69) is 30.5 Å². The topological polar surface area (TPSA) is 65.4 Å². The lowest BCUT2D eigenvalue weighted by molar-refractivity contribution is 0.616. The fraction of sp³-hybridized carbons (Fsp3) is 0.353. The minimum atomic E-state index is -0.458. The molecule has 2 aromatic rings. The lowest BCUT2D eigenvalue weighted by Crippen LogP contribution is -2.29. The van der Waals surface area contributed by atoms with Crippen molar-refractivity contribution in [2.45, 2.75) is 13.0 Å². The SMILES string of the molecule is Fc1cnc(N2CCCNCC2)nc1Nc1ccc2c(c1)C=NC2. The standard InChI is InChI=1S/C17H19FN6/c18-15-11-21-17(24-6-1-4-19-5-7-24)23-16(15)22-14-3-2-12-9-20-10-13(12)8-14/h2-3,8,10-11,19H,1,4-7,9H2,(H,21,22,23). The molecule has 0 radical (unpaired) electrons. The van der Waals surface area contributed by atoms with Gasteiger partial charge >= 0.3 is 0 Å². The van der Waals surface area contributed by atoms with Gasteiger partial charge in [0.25, 0.3) is 0 Å². The van der Waals surface area contributed by atoms with Gasteiger partial charge in [-0.3, -0.25) is 4.99 Å². The van der Waals surface area contributed by atoms with E-state index in [1.54, 1.807) is 0 Å². The number of nitrogens with zero attached hydrogens (tertiary/aromatic N) is 4. The summed E-state index contributed by atoms with van der Waals surface area (Å²) in [5.74, 6) is 0.304. The molecule has 1 aromatic heterocycles. The normalized spacial score (nSPS) is 16.8. The van der Waals surface area contributed by atoms with E-state index in [4.69, 9.17) is 0 Å². The van der Waals surface area contributed by atoms with E-state index in [9.17, 15) is 4.39 Å². The second-order valence-corrected chi connectivity index (χ2v) is 5.97. The highest BCUT2D eigenvalue weighted by molar-refractivity contribution is 5.86. The molecular formula is C17H19FN6. The van der Waals surface area contributed by atoms with Crippen molar-refractivity contribution >= 4 is 23.7 Å². The molecule has 0 bridgehead atoms. The van der Waals surface area contributed by atoms with Crippen LogP contribution in [-0.4, -0.2) is 42.4 Å². The molecule has 0 aliphatic carbocycles. The smallest absolute Gasteiger partial charge is 0.227 e. The van der Waals surface area contributed by atoms with Crippen molar-refractivity contribution in [2.75, 3.05) is 36.4 Å². The molecular weight excluding hydrogens is 307 g/mol. The first kappa shape index (κ1) is 15.0. The highest BCUT2D eigenvalue weighted by Gasteiger charge is 2.15. The molecule has 0 atom stereocenters. The Morgan fingerprint density at radius 3 is 3.12 bits per heavy atom. The minimum absolute atomic E-state index is 0.201. The Hall–Kier alpha value is -2.54. The average Bonchev–Trinajstić information content (AvgIpc) is 2.89. The van der Waals surface area contributed by atoms with Crippen LogP contribution < -0.4 is 15.5 Å². The summed E-state index contributed by atoms with van der Waals surface area (Å²) in [6.07, 6.45) is 4.10. The van der Waals surface area contributed by atoms with Crippen molar-refractivity contribution in [1.29, 1.82) is 0 Å². The van der Waals surface area contributed by atoms with Gasteiger partial charge in [-0.05, 0) is 36.2 Å². The summed E-state index contributed by atoms with van der Waals surface area (Å²) in [5.41, 5.74) is 3.04. The zero-order chi connectivity index (χ0) is 16.4. The molecule has 1 fully saturated rings. The number of aliphatic imine (C=N–C) groups is 1. The van der Waals surface area contributed by atoms with Crippen LogP contribution in [0.3, 0.4) is 0 Å². The molecule has 4 rings (SSSR count). The molecule has 2 aliphatic rings. The first-order valence-electron chi connectivity index (χ1n) is 8.17. The van der Waals surface area contributed by atoms with E-state index in [0.717, 1.165) is 43.9 Å². The number of nitrogens with one attached hydrogen (secondary N) is 2. The quantitative estimate of drug-likeness (QED) is 0.904. The summed E-state index contributed by atoms with van der Waals surface area (Å²) in [5, 5.41) is 6.40. The van der Waals surface area contributed by atoms with Crippen LogP contribution in [0.4, 0.5) is 21.8 Å². The molecule has 1 aromatic carbocycles. The molecule has 7 heteroatoms. The van der Waals surface area contributed by atoms with E-state index in [0.29, 0.717) is 12.5 Å². The van der Waals surface area contributed by atoms with Gasteiger partial charge in [0.1, 0.15) is 0 Å². The monoisotopic (exact) mass is 326 g/mol. The van der Waals surface area contributed by atoms with Crippen LogP contribution in [-0.2, 0) is 6.54 Å². The van der Waals surface area contributed by atoms with Crippen molar-refractivity contribution in [3.8, 4) is 0 Å². The van der Waals surface area contributed by atoms with Gasteiger partial charge in [0, 0.05) is 31.5 Å². The summed E-state index contributed by atoms with van der Waals surface area (Å²) in [4.78, 5) is 14.9. The molecule has 6 nitrogen and oxygen atoms in total. The van der Waals surface area contributed by atoms with Crippen LogP contribution in [0.2, 0.25) is 0 Å². The maximum Gasteiger partial charge on any atom is 0.227 e. The number of anilines is 3. The highest BCUT2D eigenvalue weighted by Crippen LogP contribution is 2.24. The second-order valence-electron chi connectivity index (χ2n) is 5.97. The molecule has 2 N–H and O–H groups in total. The van der Waals surface area contributed by atoms with Gasteiger partial charge in [0.2, 0.25) is 5.95 Å². The molecule has 0 unspecified atom stereocenters. The third-order valence-corrected chi connectivity index (χ3v) is 4.25. The number of rotatable bonds is 3. The number of halogens is 1. The van der Waals surface area contributed by atoms with E-state index >= 15 is 0 Å². The Morgan fingerprint density at radius 1 is 1.21 bits per heavy atom. The first-order valence-corrected chi connectivity index (χ1v) is 8.17. The summed E-state index contributed by atoms with van der Waals surface area (Å²) < 4.78 is 14.1. The van der Waals surface area contributed by atoms with Gasteiger partial charge in [-0.25, -0.2) is 9.37 Å². The van der Waals surface area contributed by atoms with Gasteiger partial charge < -0.3 is 15.5 Å². The van der Waals surface area contributed by atoms with Crippen molar-refractivity contribution in [3.05, 3.63) is 41.3 Å². The van der Waals surface area contributed by atoms with Crippen molar-refractivity contribution in [1.82, 2.24) is 15.3 Å². The van der Waals surface area contributed by atoms with E-state index in [1.807, 2.05) is 24.4 Å². The number of fused-ring (bicyclic) bond motifs is 1. The molecule has 0 amide bonds. The summed E-state index contributed by atoms with van der Waals surface area (Å²) in [6.45, 7) is 4.27. The van der Waals surface area contributed by atoms with Crippen LogP contribution >= 0.6 is 0 Å². The largest absolute Gasteiger partial charge is 0.339 e. The zero-order valence-electron chi connectivity index (χ0n) is 13.3. The molecule has 0 saturated carbocycles. The number of hydrogen-bond donors (Lipinski definition) is 2. The second kappa shape index (κ2) is 6.52. The van der Waals surface area contributed by atoms with Crippen molar-refractivity contribution < 1.29 is 4.39 Å².